The molecule has 0 aliphatic carbocycles. The first-order valence-electron chi connectivity index (χ1n) is 9.07. The summed E-state index contributed by atoms with van der Waals surface area (Å²) in [5, 5.41) is 15.0. The maximum Gasteiger partial charge on any atom is 0.269 e. The van der Waals surface area contributed by atoms with E-state index < -0.39 is 0 Å². The molecule has 1 N–H and O–H groups in total. The standard InChI is InChI=1S/C21H20N4O2S/c1-15-5-2-3-6-18(15)22-21(28)24-14-13-23-12-4-7-19(23)20(24)16-8-10-17(11-9-16)25(26)27/h2-12,20H,13-14H2,1H3,(H,22,28)/t20-/m1/s1. The lowest BCUT2D eigenvalue weighted by atomic mass is 10.00. The van der Waals surface area contributed by atoms with E-state index in [0.717, 1.165) is 35.6 Å². The average molecular weight is 392 g/mol. The number of hydrogen-bond donors (Lipinski definition) is 1. The van der Waals surface area contributed by atoms with Crippen molar-refractivity contribution in [2.45, 2.75) is 19.5 Å². The van der Waals surface area contributed by atoms with Crippen LogP contribution in [0.4, 0.5) is 11.4 Å². The van der Waals surface area contributed by atoms with Gasteiger partial charge in [0.1, 0.15) is 0 Å². The molecule has 2 heterocycles. The third-order valence-electron chi connectivity index (χ3n) is 5.11. The summed E-state index contributed by atoms with van der Waals surface area (Å²) >= 11 is 5.76. The fourth-order valence-corrected chi connectivity index (χ4v) is 3.94. The van der Waals surface area contributed by atoms with E-state index in [1.54, 1.807) is 12.1 Å². The van der Waals surface area contributed by atoms with Crippen LogP contribution in [0.2, 0.25) is 0 Å². The Hall–Kier alpha value is -3.19. The molecule has 1 atom stereocenters. The Bertz CT molecular complexity index is 1030. The predicted octanol–water partition coefficient (Wildman–Crippen LogP) is 4.51. The number of nitrogens with one attached hydrogen (secondary N) is 1. The van der Waals surface area contributed by atoms with E-state index in [2.05, 4.69) is 27.0 Å². The molecule has 1 aliphatic heterocycles. The summed E-state index contributed by atoms with van der Waals surface area (Å²) in [6.07, 6.45) is 2.06. The molecule has 0 saturated heterocycles. The van der Waals surface area contributed by atoms with Crippen molar-refractivity contribution in [1.82, 2.24) is 9.47 Å². The van der Waals surface area contributed by atoms with Gasteiger partial charge in [-0.3, -0.25) is 10.1 Å². The topological polar surface area (TPSA) is 63.3 Å². The Morgan fingerprint density at radius 1 is 1.11 bits per heavy atom. The van der Waals surface area contributed by atoms with Gasteiger partial charge >= 0.3 is 0 Å². The fraction of sp³-hybridized carbons (Fsp3) is 0.190. The summed E-state index contributed by atoms with van der Waals surface area (Å²) in [4.78, 5) is 12.8. The Labute approximate surface area is 168 Å². The molecule has 0 unspecified atom stereocenters. The lowest BCUT2D eigenvalue weighted by molar-refractivity contribution is -0.384. The number of aromatic nitrogens is 1. The third kappa shape index (κ3) is 3.36. The van der Waals surface area contributed by atoms with E-state index in [1.807, 2.05) is 49.4 Å². The largest absolute Gasteiger partial charge is 0.348 e. The van der Waals surface area contributed by atoms with Crippen molar-refractivity contribution in [3.05, 3.63) is 93.8 Å². The van der Waals surface area contributed by atoms with Crippen molar-refractivity contribution in [1.29, 1.82) is 0 Å². The molecule has 0 amide bonds. The lowest BCUT2D eigenvalue weighted by Crippen LogP contribution is -2.44. The highest BCUT2D eigenvalue weighted by Crippen LogP contribution is 2.34. The summed E-state index contributed by atoms with van der Waals surface area (Å²) in [5.74, 6) is 0. The molecule has 1 aliphatic rings. The number of rotatable bonds is 3. The van der Waals surface area contributed by atoms with Crippen molar-refractivity contribution >= 4 is 28.7 Å². The van der Waals surface area contributed by atoms with Crippen LogP contribution < -0.4 is 5.32 Å². The van der Waals surface area contributed by atoms with Gasteiger partial charge in [0, 0.05) is 42.8 Å². The maximum atomic E-state index is 11.0. The summed E-state index contributed by atoms with van der Waals surface area (Å²) in [6, 6.07) is 18.8. The second-order valence-electron chi connectivity index (χ2n) is 6.82. The summed E-state index contributed by atoms with van der Waals surface area (Å²) in [5.41, 5.74) is 4.28. The van der Waals surface area contributed by atoms with Crippen molar-refractivity contribution < 1.29 is 4.92 Å². The zero-order valence-corrected chi connectivity index (χ0v) is 16.2. The molecule has 0 spiro atoms. The van der Waals surface area contributed by atoms with E-state index >= 15 is 0 Å². The zero-order chi connectivity index (χ0) is 19.7. The van der Waals surface area contributed by atoms with Crippen LogP contribution in [0.15, 0.2) is 66.9 Å². The van der Waals surface area contributed by atoms with Crippen LogP contribution in [0.25, 0.3) is 0 Å². The number of aryl methyl sites for hydroxylation is 1. The van der Waals surface area contributed by atoms with Crippen LogP contribution in [0.1, 0.15) is 22.9 Å². The highest BCUT2D eigenvalue weighted by Gasteiger charge is 2.31. The number of nitrogens with zero attached hydrogens (tertiary/aromatic N) is 3. The number of anilines is 1. The molecule has 7 heteroatoms. The molecule has 2 aromatic carbocycles. The number of nitro groups is 1. The number of nitro benzene ring substituents is 1. The monoisotopic (exact) mass is 392 g/mol. The molecular weight excluding hydrogens is 372 g/mol. The van der Waals surface area contributed by atoms with Crippen LogP contribution >= 0.6 is 12.2 Å². The SMILES string of the molecule is Cc1ccccc1NC(=S)N1CCn2cccc2[C@H]1c1ccc([N+](=O)[O-])cc1. The number of para-hydroxylation sites is 1. The third-order valence-corrected chi connectivity index (χ3v) is 5.44. The van der Waals surface area contributed by atoms with Gasteiger partial charge in [-0.15, -0.1) is 0 Å². The molecule has 0 radical (unpaired) electrons. The van der Waals surface area contributed by atoms with Gasteiger partial charge in [0.25, 0.3) is 5.69 Å². The van der Waals surface area contributed by atoms with E-state index in [0.29, 0.717) is 5.11 Å². The van der Waals surface area contributed by atoms with Gasteiger partial charge in [0.2, 0.25) is 0 Å². The van der Waals surface area contributed by atoms with Crippen LogP contribution in [0, 0.1) is 17.0 Å². The Balaban J connectivity index is 1.68. The highest BCUT2D eigenvalue weighted by molar-refractivity contribution is 7.80. The average Bonchev–Trinajstić information content (AvgIpc) is 3.18. The van der Waals surface area contributed by atoms with Gasteiger partial charge in [-0.1, -0.05) is 18.2 Å². The Kier molecular flexibility index (Phi) is 4.83. The van der Waals surface area contributed by atoms with Gasteiger partial charge in [0.05, 0.1) is 11.0 Å². The molecule has 4 rings (SSSR count). The number of benzene rings is 2. The zero-order valence-electron chi connectivity index (χ0n) is 15.4. The van der Waals surface area contributed by atoms with Gasteiger partial charge < -0.3 is 14.8 Å². The minimum Gasteiger partial charge on any atom is -0.348 e. The van der Waals surface area contributed by atoms with Gasteiger partial charge in [0.15, 0.2) is 5.11 Å². The van der Waals surface area contributed by atoms with Crippen molar-refractivity contribution in [3.8, 4) is 0 Å². The molecule has 0 fully saturated rings. The summed E-state index contributed by atoms with van der Waals surface area (Å²) < 4.78 is 2.21. The van der Waals surface area contributed by atoms with E-state index in [9.17, 15) is 10.1 Å². The summed E-state index contributed by atoms with van der Waals surface area (Å²) in [6.45, 7) is 3.63. The minimum atomic E-state index is -0.379. The first-order chi connectivity index (χ1) is 13.5. The Morgan fingerprint density at radius 2 is 1.86 bits per heavy atom. The quantitative estimate of drug-likeness (QED) is 0.404. The first kappa shape index (κ1) is 18.2. The molecular formula is C21H20N4O2S. The smallest absolute Gasteiger partial charge is 0.269 e. The van der Waals surface area contributed by atoms with Crippen molar-refractivity contribution in [2.24, 2.45) is 0 Å². The molecule has 0 saturated carbocycles. The number of thiocarbonyl (C=S) groups is 1. The Morgan fingerprint density at radius 3 is 2.57 bits per heavy atom. The highest BCUT2D eigenvalue weighted by atomic mass is 32.1. The normalized spacial score (nSPS) is 15.8. The van der Waals surface area contributed by atoms with E-state index in [4.69, 9.17) is 12.2 Å². The second kappa shape index (κ2) is 7.44. The first-order valence-corrected chi connectivity index (χ1v) is 9.48. The molecule has 0 bridgehead atoms. The number of non-ortho nitro benzene ring substituents is 1. The van der Waals surface area contributed by atoms with Gasteiger partial charge in [-0.05, 0) is 60.6 Å². The molecule has 142 valence electrons. The van der Waals surface area contributed by atoms with Crippen molar-refractivity contribution in [2.75, 3.05) is 11.9 Å². The minimum absolute atomic E-state index is 0.0853. The lowest BCUT2D eigenvalue weighted by Gasteiger charge is -2.39. The van der Waals surface area contributed by atoms with Gasteiger partial charge in [-0.25, -0.2) is 0 Å². The second-order valence-corrected chi connectivity index (χ2v) is 7.20. The molecule has 6 nitrogen and oxygen atoms in total. The van der Waals surface area contributed by atoms with Crippen LogP contribution in [0.5, 0.6) is 0 Å². The van der Waals surface area contributed by atoms with Crippen LogP contribution in [0.3, 0.4) is 0 Å². The van der Waals surface area contributed by atoms with E-state index in [-0.39, 0.29) is 16.7 Å². The number of fused-ring (bicyclic) bond motifs is 1. The van der Waals surface area contributed by atoms with Gasteiger partial charge in [-0.2, -0.15) is 0 Å². The predicted molar refractivity (Wildman–Crippen MR) is 113 cm³/mol. The molecule has 3 aromatic rings. The van der Waals surface area contributed by atoms with Crippen molar-refractivity contribution in [3.63, 3.8) is 0 Å². The molecule has 1 aromatic heterocycles. The summed E-state index contributed by atoms with van der Waals surface area (Å²) in [7, 11) is 0. The maximum absolute atomic E-state index is 11.0. The fourth-order valence-electron chi connectivity index (χ4n) is 3.63. The van der Waals surface area contributed by atoms with Crippen LogP contribution in [-0.2, 0) is 6.54 Å². The van der Waals surface area contributed by atoms with Crippen LogP contribution in [-0.4, -0.2) is 26.0 Å². The number of hydrogen-bond acceptors (Lipinski definition) is 3. The molecule has 28 heavy (non-hydrogen) atoms. The van der Waals surface area contributed by atoms with E-state index in [1.165, 1.54) is 0 Å².